The van der Waals surface area contributed by atoms with E-state index in [2.05, 4.69) is 36.7 Å². The summed E-state index contributed by atoms with van der Waals surface area (Å²) < 4.78 is 0. The van der Waals surface area contributed by atoms with Crippen molar-refractivity contribution >= 4 is 0 Å². The summed E-state index contributed by atoms with van der Waals surface area (Å²) in [6.45, 7) is 12.1. The molecule has 0 radical (unpaired) electrons. The summed E-state index contributed by atoms with van der Waals surface area (Å²) in [6, 6.07) is 2.59. The van der Waals surface area contributed by atoms with Crippen LogP contribution in [0.15, 0.2) is 12.7 Å². The molecular formula is C12H21N3. The van der Waals surface area contributed by atoms with E-state index in [0.29, 0.717) is 12.5 Å². The van der Waals surface area contributed by atoms with Crippen LogP contribution < -0.4 is 5.32 Å². The van der Waals surface area contributed by atoms with E-state index >= 15 is 0 Å². The number of rotatable bonds is 3. The second kappa shape index (κ2) is 5.29. The largest absolute Gasteiger partial charge is 0.315 e. The summed E-state index contributed by atoms with van der Waals surface area (Å²) in [5, 5.41) is 12.2. The molecule has 0 aromatic heterocycles. The zero-order valence-corrected chi connectivity index (χ0v) is 9.79. The first-order valence-electron chi connectivity index (χ1n) is 5.52. The standard InChI is InChI=1S/C12H21N3/c1-4-7-15-10-12(2,3)9-14-8-11(15)5-6-13/h4,11,14H,1,5,7-10H2,2-3H3. The first-order chi connectivity index (χ1) is 7.09. The van der Waals surface area contributed by atoms with Crippen LogP contribution in [-0.4, -0.2) is 37.1 Å². The third-order valence-electron chi connectivity index (χ3n) is 2.82. The molecule has 1 saturated heterocycles. The Morgan fingerprint density at radius 3 is 3.00 bits per heavy atom. The van der Waals surface area contributed by atoms with Crippen LogP contribution in [0, 0.1) is 16.7 Å². The Labute approximate surface area is 92.8 Å². The predicted octanol–water partition coefficient (Wildman–Crippen LogP) is 1.39. The average Bonchev–Trinajstić information content (AvgIpc) is 2.27. The van der Waals surface area contributed by atoms with Gasteiger partial charge < -0.3 is 5.32 Å². The minimum absolute atomic E-state index is 0.271. The van der Waals surface area contributed by atoms with E-state index in [1.165, 1.54) is 0 Å². The highest BCUT2D eigenvalue weighted by molar-refractivity contribution is 4.92. The molecule has 84 valence electrons. The van der Waals surface area contributed by atoms with Gasteiger partial charge in [0.05, 0.1) is 12.5 Å². The second-order valence-electron chi connectivity index (χ2n) is 5.03. The summed E-state index contributed by atoms with van der Waals surface area (Å²) in [5.41, 5.74) is 0.271. The van der Waals surface area contributed by atoms with Crippen molar-refractivity contribution in [2.24, 2.45) is 5.41 Å². The van der Waals surface area contributed by atoms with Gasteiger partial charge in [-0.1, -0.05) is 19.9 Å². The summed E-state index contributed by atoms with van der Waals surface area (Å²) in [7, 11) is 0. The number of nitrogens with zero attached hydrogens (tertiary/aromatic N) is 2. The van der Waals surface area contributed by atoms with Crippen LogP contribution >= 0.6 is 0 Å². The van der Waals surface area contributed by atoms with E-state index in [1.807, 2.05) is 6.08 Å². The van der Waals surface area contributed by atoms with Gasteiger partial charge in [-0.25, -0.2) is 0 Å². The van der Waals surface area contributed by atoms with Crippen molar-refractivity contribution in [3.63, 3.8) is 0 Å². The van der Waals surface area contributed by atoms with Crippen LogP contribution in [0.2, 0.25) is 0 Å². The van der Waals surface area contributed by atoms with Gasteiger partial charge in [0.15, 0.2) is 0 Å². The van der Waals surface area contributed by atoms with Crippen molar-refractivity contribution in [2.45, 2.75) is 26.3 Å². The molecular weight excluding hydrogens is 186 g/mol. The zero-order valence-electron chi connectivity index (χ0n) is 9.79. The number of hydrogen-bond donors (Lipinski definition) is 1. The molecule has 0 saturated carbocycles. The van der Waals surface area contributed by atoms with Crippen molar-refractivity contribution < 1.29 is 0 Å². The van der Waals surface area contributed by atoms with E-state index in [4.69, 9.17) is 5.26 Å². The first kappa shape index (κ1) is 12.2. The maximum absolute atomic E-state index is 8.80. The highest BCUT2D eigenvalue weighted by Crippen LogP contribution is 2.21. The number of hydrogen-bond acceptors (Lipinski definition) is 3. The van der Waals surface area contributed by atoms with E-state index in [9.17, 15) is 0 Å². The van der Waals surface area contributed by atoms with Crippen molar-refractivity contribution in [3.8, 4) is 6.07 Å². The highest BCUT2D eigenvalue weighted by atomic mass is 15.2. The zero-order chi connectivity index (χ0) is 11.3. The number of nitriles is 1. The maximum Gasteiger partial charge on any atom is 0.0638 e. The van der Waals surface area contributed by atoms with Gasteiger partial charge in [-0.15, -0.1) is 6.58 Å². The SMILES string of the molecule is C=CCN1CC(C)(C)CNCC1CC#N. The van der Waals surface area contributed by atoms with E-state index in [-0.39, 0.29) is 5.41 Å². The Morgan fingerprint density at radius 2 is 2.40 bits per heavy atom. The number of nitrogens with one attached hydrogen (secondary N) is 1. The minimum Gasteiger partial charge on any atom is -0.315 e. The lowest BCUT2D eigenvalue weighted by Crippen LogP contribution is -2.41. The van der Waals surface area contributed by atoms with E-state index < -0.39 is 0 Å². The molecule has 3 nitrogen and oxygen atoms in total. The molecule has 0 spiro atoms. The average molecular weight is 207 g/mol. The lowest BCUT2D eigenvalue weighted by Gasteiger charge is -2.31. The lowest BCUT2D eigenvalue weighted by molar-refractivity contribution is 0.175. The first-order valence-corrected chi connectivity index (χ1v) is 5.52. The third-order valence-corrected chi connectivity index (χ3v) is 2.82. The molecule has 0 aromatic rings. The summed E-state index contributed by atoms with van der Waals surface area (Å²) in [5.74, 6) is 0. The van der Waals surface area contributed by atoms with E-state index in [1.54, 1.807) is 0 Å². The highest BCUT2D eigenvalue weighted by Gasteiger charge is 2.29. The van der Waals surface area contributed by atoms with Crippen molar-refractivity contribution in [3.05, 3.63) is 12.7 Å². The molecule has 1 heterocycles. The van der Waals surface area contributed by atoms with Gasteiger partial charge in [-0.3, -0.25) is 4.90 Å². The molecule has 15 heavy (non-hydrogen) atoms. The van der Waals surface area contributed by atoms with Crippen LogP contribution in [0.3, 0.4) is 0 Å². The van der Waals surface area contributed by atoms with Gasteiger partial charge in [-0.2, -0.15) is 5.26 Å². The Kier molecular flexibility index (Phi) is 4.31. The molecule has 0 aliphatic carbocycles. The van der Waals surface area contributed by atoms with E-state index in [0.717, 1.165) is 26.2 Å². The van der Waals surface area contributed by atoms with Gasteiger partial charge in [0.1, 0.15) is 0 Å². The molecule has 1 aliphatic heterocycles. The topological polar surface area (TPSA) is 39.1 Å². The monoisotopic (exact) mass is 207 g/mol. The predicted molar refractivity (Wildman–Crippen MR) is 62.4 cm³/mol. The Morgan fingerprint density at radius 1 is 1.67 bits per heavy atom. The molecule has 0 aromatic carbocycles. The van der Waals surface area contributed by atoms with Crippen LogP contribution in [-0.2, 0) is 0 Å². The fourth-order valence-electron chi connectivity index (χ4n) is 2.13. The maximum atomic E-state index is 8.80. The summed E-state index contributed by atoms with van der Waals surface area (Å²) in [4.78, 5) is 2.36. The fraction of sp³-hybridized carbons (Fsp3) is 0.750. The second-order valence-corrected chi connectivity index (χ2v) is 5.03. The Bertz CT molecular complexity index is 252. The smallest absolute Gasteiger partial charge is 0.0638 e. The molecule has 3 heteroatoms. The quantitative estimate of drug-likeness (QED) is 0.711. The normalized spacial score (nSPS) is 26.6. The van der Waals surface area contributed by atoms with Crippen LogP contribution in [0.5, 0.6) is 0 Å². The van der Waals surface area contributed by atoms with Gasteiger partial charge >= 0.3 is 0 Å². The van der Waals surface area contributed by atoms with Crippen LogP contribution in [0.25, 0.3) is 0 Å². The molecule has 1 aliphatic rings. The molecule has 0 amide bonds. The van der Waals surface area contributed by atoms with Crippen LogP contribution in [0.4, 0.5) is 0 Å². The third kappa shape index (κ3) is 3.65. The van der Waals surface area contributed by atoms with Crippen molar-refractivity contribution in [1.82, 2.24) is 10.2 Å². The molecule has 1 unspecified atom stereocenters. The lowest BCUT2D eigenvalue weighted by atomic mass is 9.93. The minimum atomic E-state index is 0.271. The van der Waals surface area contributed by atoms with Crippen molar-refractivity contribution in [1.29, 1.82) is 5.26 Å². The van der Waals surface area contributed by atoms with Gasteiger partial charge in [0.2, 0.25) is 0 Å². The Balaban J connectivity index is 2.70. The fourth-order valence-corrected chi connectivity index (χ4v) is 2.13. The van der Waals surface area contributed by atoms with Gasteiger partial charge in [-0.05, 0) is 5.41 Å². The molecule has 1 atom stereocenters. The molecule has 1 rings (SSSR count). The Hall–Kier alpha value is -0.850. The summed E-state index contributed by atoms with van der Waals surface area (Å²) >= 11 is 0. The molecule has 1 N–H and O–H groups in total. The van der Waals surface area contributed by atoms with Gasteiger partial charge in [0.25, 0.3) is 0 Å². The van der Waals surface area contributed by atoms with Gasteiger partial charge in [0, 0.05) is 32.2 Å². The van der Waals surface area contributed by atoms with Crippen LogP contribution in [0.1, 0.15) is 20.3 Å². The molecule has 0 bridgehead atoms. The molecule has 1 fully saturated rings. The summed E-state index contributed by atoms with van der Waals surface area (Å²) in [6.07, 6.45) is 2.52. The van der Waals surface area contributed by atoms with Crippen molar-refractivity contribution in [2.75, 3.05) is 26.2 Å².